The van der Waals surface area contributed by atoms with Crippen LogP contribution in [0.4, 0.5) is 0 Å². The van der Waals surface area contributed by atoms with E-state index >= 15 is 0 Å². The van der Waals surface area contributed by atoms with Gasteiger partial charge in [0.25, 0.3) is 5.91 Å². The average molecular weight is 292 g/mol. The average Bonchev–Trinajstić information content (AvgIpc) is 2.27. The molecule has 0 atom stereocenters. The van der Waals surface area contributed by atoms with E-state index in [2.05, 4.69) is 0 Å². The molecule has 0 aromatic heterocycles. The predicted octanol–water partition coefficient (Wildman–Crippen LogP) is 1.16. The molecule has 1 aromatic rings. The monoisotopic (exact) mass is 291 g/mol. The van der Waals surface area contributed by atoms with Crippen LogP contribution in [-0.2, 0) is 9.84 Å². The van der Waals surface area contributed by atoms with Crippen molar-refractivity contribution in [2.45, 2.75) is 0 Å². The number of phenols is 1. The molecule has 1 aromatic carbocycles. The Labute approximate surface area is 111 Å². The largest absolute Gasteiger partial charge is 0.507 e. The lowest BCUT2D eigenvalue weighted by molar-refractivity contribution is 0.0800. The summed E-state index contributed by atoms with van der Waals surface area (Å²) in [7, 11) is -1.67. The second-order valence-corrected chi connectivity index (χ2v) is 6.71. The molecule has 5 nitrogen and oxygen atoms in total. The van der Waals surface area contributed by atoms with Gasteiger partial charge in [0.15, 0.2) is 0 Å². The lowest BCUT2D eigenvalue weighted by Gasteiger charge is -2.17. The molecule has 0 aliphatic rings. The van der Waals surface area contributed by atoms with Crippen molar-refractivity contribution in [1.29, 1.82) is 0 Å². The summed E-state index contributed by atoms with van der Waals surface area (Å²) in [6.07, 6.45) is 1.10. The third kappa shape index (κ3) is 4.19. The highest BCUT2D eigenvalue weighted by Gasteiger charge is 2.17. The summed E-state index contributed by atoms with van der Waals surface area (Å²) in [5, 5.41) is 9.88. The maximum atomic E-state index is 11.9. The Kier molecular flexibility index (Phi) is 4.59. The zero-order chi connectivity index (χ0) is 13.9. The van der Waals surface area contributed by atoms with Gasteiger partial charge < -0.3 is 10.0 Å². The fourth-order valence-electron chi connectivity index (χ4n) is 1.29. The molecule has 0 saturated heterocycles. The van der Waals surface area contributed by atoms with E-state index in [9.17, 15) is 18.3 Å². The highest BCUT2D eigenvalue weighted by molar-refractivity contribution is 7.90. The van der Waals surface area contributed by atoms with Gasteiger partial charge in [-0.3, -0.25) is 4.79 Å². The number of phenolic OH excluding ortho intramolecular Hbond substituents is 1. The van der Waals surface area contributed by atoms with Crippen molar-refractivity contribution >= 4 is 27.3 Å². The lowest BCUT2D eigenvalue weighted by atomic mass is 10.2. The second-order valence-electron chi connectivity index (χ2n) is 4.02. The van der Waals surface area contributed by atoms with E-state index in [-0.39, 0.29) is 23.6 Å². The normalized spacial score (nSPS) is 11.3. The number of hydrogen-bond donors (Lipinski definition) is 1. The Morgan fingerprint density at radius 3 is 2.61 bits per heavy atom. The Bertz CT molecular complexity index is 556. The van der Waals surface area contributed by atoms with Gasteiger partial charge in [-0.05, 0) is 18.2 Å². The van der Waals surface area contributed by atoms with Crippen LogP contribution in [0.25, 0.3) is 0 Å². The molecule has 0 heterocycles. The van der Waals surface area contributed by atoms with Gasteiger partial charge in [0.1, 0.15) is 15.6 Å². The van der Waals surface area contributed by atoms with Crippen LogP contribution in [0.3, 0.4) is 0 Å². The van der Waals surface area contributed by atoms with E-state index in [1.807, 2.05) is 0 Å². The van der Waals surface area contributed by atoms with Gasteiger partial charge in [-0.15, -0.1) is 0 Å². The number of carbonyl (C=O) groups is 1. The number of halogens is 1. The van der Waals surface area contributed by atoms with Crippen molar-refractivity contribution in [3.8, 4) is 5.75 Å². The van der Waals surface area contributed by atoms with E-state index in [0.29, 0.717) is 5.02 Å². The molecule has 0 fully saturated rings. The maximum Gasteiger partial charge on any atom is 0.257 e. The molecule has 18 heavy (non-hydrogen) atoms. The van der Waals surface area contributed by atoms with Crippen molar-refractivity contribution in [2.24, 2.45) is 0 Å². The first-order valence-corrected chi connectivity index (χ1v) is 7.56. The molecule has 0 unspecified atom stereocenters. The van der Waals surface area contributed by atoms with Gasteiger partial charge in [0.05, 0.1) is 11.3 Å². The molecule has 0 bridgehead atoms. The summed E-state index contributed by atoms with van der Waals surface area (Å²) in [6, 6.07) is 4.13. The molecule has 0 spiro atoms. The summed E-state index contributed by atoms with van der Waals surface area (Å²) in [6.45, 7) is 0.0591. The highest BCUT2D eigenvalue weighted by atomic mass is 35.5. The van der Waals surface area contributed by atoms with Gasteiger partial charge in [-0.1, -0.05) is 11.6 Å². The third-order valence-corrected chi connectivity index (χ3v) is 3.49. The Morgan fingerprint density at radius 1 is 1.44 bits per heavy atom. The Balaban J connectivity index is 2.83. The van der Waals surface area contributed by atoms with Crippen LogP contribution in [0.5, 0.6) is 5.75 Å². The molecule has 0 saturated carbocycles. The first-order chi connectivity index (χ1) is 8.20. The first-order valence-electron chi connectivity index (χ1n) is 5.12. The van der Waals surface area contributed by atoms with Crippen molar-refractivity contribution in [1.82, 2.24) is 4.90 Å². The number of carbonyl (C=O) groups excluding carboxylic acids is 1. The Morgan fingerprint density at radius 2 is 2.06 bits per heavy atom. The topological polar surface area (TPSA) is 74.7 Å². The van der Waals surface area contributed by atoms with Crippen molar-refractivity contribution in [3.63, 3.8) is 0 Å². The summed E-state index contributed by atoms with van der Waals surface area (Å²) in [5.74, 6) is -0.787. The zero-order valence-corrected chi connectivity index (χ0v) is 11.6. The highest BCUT2D eigenvalue weighted by Crippen LogP contribution is 2.22. The first kappa shape index (κ1) is 14.8. The summed E-state index contributed by atoms with van der Waals surface area (Å²) in [4.78, 5) is 13.2. The van der Waals surface area contributed by atoms with Gasteiger partial charge in [0.2, 0.25) is 0 Å². The molecular formula is C11H14ClNO4S. The smallest absolute Gasteiger partial charge is 0.257 e. The van der Waals surface area contributed by atoms with E-state index in [4.69, 9.17) is 11.6 Å². The van der Waals surface area contributed by atoms with E-state index < -0.39 is 15.7 Å². The standard InChI is InChI=1S/C11H14ClNO4S/c1-13(5-6-18(2,16)17)11(15)9-7-8(12)3-4-10(9)14/h3-4,7,14H,5-6H2,1-2H3. The number of rotatable bonds is 4. The van der Waals surface area contributed by atoms with Gasteiger partial charge >= 0.3 is 0 Å². The van der Waals surface area contributed by atoms with Gasteiger partial charge in [0, 0.05) is 24.9 Å². The zero-order valence-electron chi connectivity index (χ0n) is 10.1. The minimum atomic E-state index is -3.14. The summed E-state index contributed by atoms with van der Waals surface area (Å²) in [5.41, 5.74) is 0.0542. The van der Waals surface area contributed by atoms with Crippen molar-refractivity contribution < 1.29 is 18.3 Å². The van der Waals surface area contributed by atoms with E-state index in [0.717, 1.165) is 6.26 Å². The minimum Gasteiger partial charge on any atom is -0.507 e. The predicted molar refractivity (Wildman–Crippen MR) is 69.8 cm³/mol. The number of nitrogens with zero attached hydrogens (tertiary/aromatic N) is 1. The number of benzene rings is 1. The van der Waals surface area contributed by atoms with Crippen LogP contribution >= 0.6 is 11.6 Å². The van der Waals surface area contributed by atoms with Crippen LogP contribution in [0.1, 0.15) is 10.4 Å². The fraction of sp³-hybridized carbons (Fsp3) is 0.364. The lowest BCUT2D eigenvalue weighted by Crippen LogP contribution is -2.31. The second kappa shape index (κ2) is 5.58. The van der Waals surface area contributed by atoms with Crippen molar-refractivity contribution in [2.75, 3.05) is 25.6 Å². The van der Waals surface area contributed by atoms with E-state index in [1.165, 1.54) is 30.1 Å². The summed E-state index contributed by atoms with van der Waals surface area (Å²) >= 11 is 5.74. The summed E-state index contributed by atoms with van der Waals surface area (Å²) < 4.78 is 22.0. The molecule has 0 aliphatic heterocycles. The molecule has 100 valence electrons. The number of hydrogen-bond acceptors (Lipinski definition) is 4. The molecular weight excluding hydrogens is 278 g/mol. The molecule has 0 aliphatic carbocycles. The minimum absolute atomic E-state index is 0.0542. The van der Waals surface area contributed by atoms with Crippen LogP contribution < -0.4 is 0 Å². The van der Waals surface area contributed by atoms with Crippen LogP contribution in [0.2, 0.25) is 5.02 Å². The van der Waals surface area contributed by atoms with Crippen molar-refractivity contribution in [3.05, 3.63) is 28.8 Å². The van der Waals surface area contributed by atoms with Crippen LogP contribution in [-0.4, -0.2) is 49.9 Å². The molecule has 0 radical (unpaired) electrons. The Hall–Kier alpha value is -1.27. The number of amides is 1. The van der Waals surface area contributed by atoms with Crippen LogP contribution in [0.15, 0.2) is 18.2 Å². The molecule has 1 rings (SSSR count). The molecule has 7 heteroatoms. The van der Waals surface area contributed by atoms with Gasteiger partial charge in [-0.2, -0.15) is 0 Å². The molecule has 1 amide bonds. The third-order valence-electron chi connectivity index (χ3n) is 2.33. The SMILES string of the molecule is CN(CCS(C)(=O)=O)C(=O)c1cc(Cl)ccc1O. The fourth-order valence-corrected chi connectivity index (χ4v) is 2.07. The van der Waals surface area contributed by atoms with Crippen LogP contribution in [0, 0.1) is 0 Å². The molecule has 1 N–H and O–H groups in total. The van der Waals surface area contributed by atoms with Gasteiger partial charge in [-0.25, -0.2) is 8.42 Å². The number of sulfone groups is 1. The quantitative estimate of drug-likeness (QED) is 0.903. The number of aromatic hydroxyl groups is 1. The maximum absolute atomic E-state index is 11.9. The van der Waals surface area contributed by atoms with E-state index in [1.54, 1.807) is 0 Å².